The van der Waals surface area contributed by atoms with E-state index in [2.05, 4.69) is 12.2 Å². The van der Waals surface area contributed by atoms with Gasteiger partial charge < -0.3 is 11.1 Å². The SMILES string of the molecule is CCCCNc1ccc(S(C)(=O)=O)cc1N. The van der Waals surface area contributed by atoms with E-state index >= 15 is 0 Å². The largest absolute Gasteiger partial charge is 0.397 e. The van der Waals surface area contributed by atoms with Gasteiger partial charge in [-0.3, -0.25) is 0 Å². The lowest BCUT2D eigenvalue weighted by molar-refractivity contribution is 0.602. The number of sulfone groups is 1. The summed E-state index contributed by atoms with van der Waals surface area (Å²) in [5.41, 5.74) is 7.04. The Labute approximate surface area is 96.8 Å². The maximum atomic E-state index is 11.3. The molecule has 0 fully saturated rings. The van der Waals surface area contributed by atoms with Crippen LogP contribution in [0.5, 0.6) is 0 Å². The van der Waals surface area contributed by atoms with E-state index in [0.717, 1.165) is 25.1 Å². The van der Waals surface area contributed by atoms with Crippen LogP contribution in [0.15, 0.2) is 23.1 Å². The molecule has 0 spiro atoms. The summed E-state index contributed by atoms with van der Waals surface area (Å²) in [6.07, 6.45) is 3.34. The first-order valence-corrected chi connectivity index (χ1v) is 7.17. The number of hydrogen-bond acceptors (Lipinski definition) is 4. The van der Waals surface area contributed by atoms with Gasteiger partial charge in [0.15, 0.2) is 9.84 Å². The Bertz CT molecular complexity index is 455. The van der Waals surface area contributed by atoms with E-state index < -0.39 is 9.84 Å². The predicted molar refractivity (Wildman–Crippen MR) is 67.4 cm³/mol. The molecule has 0 saturated carbocycles. The third-order valence-electron chi connectivity index (χ3n) is 2.30. The monoisotopic (exact) mass is 242 g/mol. The van der Waals surface area contributed by atoms with E-state index in [-0.39, 0.29) is 4.90 Å². The van der Waals surface area contributed by atoms with E-state index in [1.807, 2.05) is 0 Å². The summed E-state index contributed by atoms with van der Waals surface area (Å²) in [5, 5.41) is 3.17. The van der Waals surface area contributed by atoms with Gasteiger partial charge >= 0.3 is 0 Å². The molecular formula is C11H18N2O2S. The molecule has 3 N–H and O–H groups in total. The topological polar surface area (TPSA) is 72.2 Å². The molecule has 0 aliphatic heterocycles. The van der Waals surface area contributed by atoms with E-state index in [1.165, 1.54) is 12.3 Å². The highest BCUT2D eigenvalue weighted by atomic mass is 32.2. The fraction of sp³-hybridized carbons (Fsp3) is 0.455. The lowest BCUT2D eigenvalue weighted by atomic mass is 10.2. The van der Waals surface area contributed by atoms with Gasteiger partial charge in [0.1, 0.15) is 0 Å². The molecule has 4 nitrogen and oxygen atoms in total. The van der Waals surface area contributed by atoms with E-state index in [4.69, 9.17) is 5.73 Å². The molecular weight excluding hydrogens is 224 g/mol. The highest BCUT2D eigenvalue weighted by molar-refractivity contribution is 7.90. The summed E-state index contributed by atoms with van der Waals surface area (Å²) in [6, 6.07) is 4.77. The van der Waals surface area contributed by atoms with Gasteiger partial charge in [-0.25, -0.2) is 8.42 Å². The number of rotatable bonds is 5. The molecule has 0 amide bonds. The van der Waals surface area contributed by atoms with Crippen molar-refractivity contribution in [3.05, 3.63) is 18.2 Å². The highest BCUT2D eigenvalue weighted by Gasteiger charge is 2.08. The maximum Gasteiger partial charge on any atom is 0.175 e. The highest BCUT2D eigenvalue weighted by Crippen LogP contribution is 2.22. The number of nitrogens with one attached hydrogen (secondary N) is 1. The van der Waals surface area contributed by atoms with Crippen LogP contribution >= 0.6 is 0 Å². The van der Waals surface area contributed by atoms with Crippen LogP contribution in [0, 0.1) is 0 Å². The molecule has 1 aromatic carbocycles. The third kappa shape index (κ3) is 3.41. The first-order chi connectivity index (χ1) is 7.45. The minimum Gasteiger partial charge on any atom is -0.397 e. The number of nitrogens with two attached hydrogens (primary N) is 1. The summed E-state index contributed by atoms with van der Waals surface area (Å²) in [4.78, 5) is 0.256. The number of hydrogen-bond donors (Lipinski definition) is 2. The number of nitrogen functional groups attached to an aromatic ring is 1. The van der Waals surface area contributed by atoms with Crippen molar-refractivity contribution in [3.8, 4) is 0 Å². The van der Waals surface area contributed by atoms with Gasteiger partial charge in [-0.2, -0.15) is 0 Å². The van der Waals surface area contributed by atoms with Gasteiger partial charge in [0, 0.05) is 12.8 Å². The molecule has 0 aliphatic carbocycles. The van der Waals surface area contributed by atoms with Crippen molar-refractivity contribution in [2.75, 3.05) is 23.9 Å². The summed E-state index contributed by atoms with van der Waals surface area (Å²) < 4.78 is 22.6. The molecule has 0 unspecified atom stereocenters. The van der Waals surface area contributed by atoms with Crippen LogP contribution in [0.3, 0.4) is 0 Å². The van der Waals surface area contributed by atoms with Gasteiger partial charge in [-0.15, -0.1) is 0 Å². The van der Waals surface area contributed by atoms with Gasteiger partial charge in [0.25, 0.3) is 0 Å². The van der Waals surface area contributed by atoms with E-state index in [9.17, 15) is 8.42 Å². The van der Waals surface area contributed by atoms with Crippen molar-refractivity contribution in [2.45, 2.75) is 24.7 Å². The van der Waals surface area contributed by atoms with Crippen molar-refractivity contribution in [2.24, 2.45) is 0 Å². The smallest absolute Gasteiger partial charge is 0.175 e. The zero-order chi connectivity index (χ0) is 12.2. The fourth-order valence-electron chi connectivity index (χ4n) is 1.33. The molecule has 5 heteroatoms. The van der Waals surface area contributed by atoms with Crippen molar-refractivity contribution in [3.63, 3.8) is 0 Å². The summed E-state index contributed by atoms with van der Waals surface area (Å²) in [6.45, 7) is 2.96. The standard InChI is InChI=1S/C11H18N2O2S/c1-3-4-7-13-11-6-5-9(8-10(11)12)16(2,14)15/h5-6,8,13H,3-4,7,12H2,1-2H3. The van der Waals surface area contributed by atoms with Crippen LogP contribution in [-0.4, -0.2) is 21.2 Å². The van der Waals surface area contributed by atoms with Crippen LogP contribution in [-0.2, 0) is 9.84 Å². The molecule has 0 aromatic heterocycles. The molecule has 0 aliphatic rings. The average molecular weight is 242 g/mol. The van der Waals surface area contributed by atoms with Crippen LogP contribution in [0.4, 0.5) is 11.4 Å². The van der Waals surface area contributed by atoms with Crippen molar-refractivity contribution >= 4 is 21.2 Å². The minimum absolute atomic E-state index is 0.256. The molecule has 0 saturated heterocycles. The number of benzene rings is 1. The average Bonchev–Trinajstić information content (AvgIpc) is 2.19. The van der Waals surface area contributed by atoms with Gasteiger partial charge in [-0.05, 0) is 24.6 Å². The second kappa shape index (κ2) is 5.21. The quantitative estimate of drug-likeness (QED) is 0.611. The Kier molecular flexibility index (Phi) is 4.18. The number of unbranched alkanes of at least 4 members (excludes halogenated alkanes) is 1. The minimum atomic E-state index is -3.18. The van der Waals surface area contributed by atoms with Crippen LogP contribution in [0.25, 0.3) is 0 Å². The summed E-state index contributed by atoms with van der Waals surface area (Å²) >= 11 is 0. The van der Waals surface area contributed by atoms with Crippen molar-refractivity contribution in [1.82, 2.24) is 0 Å². The Balaban J connectivity index is 2.84. The Morgan fingerprint density at radius 3 is 2.56 bits per heavy atom. The molecule has 1 rings (SSSR count). The van der Waals surface area contributed by atoms with Crippen LogP contribution in [0.1, 0.15) is 19.8 Å². The summed E-state index contributed by atoms with van der Waals surface area (Å²) in [7, 11) is -3.18. The lowest BCUT2D eigenvalue weighted by Gasteiger charge is -2.09. The van der Waals surface area contributed by atoms with Crippen LogP contribution < -0.4 is 11.1 Å². The molecule has 0 radical (unpaired) electrons. The van der Waals surface area contributed by atoms with Crippen molar-refractivity contribution in [1.29, 1.82) is 0 Å². The molecule has 0 heterocycles. The molecule has 0 bridgehead atoms. The normalized spacial score (nSPS) is 11.4. The second-order valence-electron chi connectivity index (χ2n) is 3.80. The van der Waals surface area contributed by atoms with E-state index in [0.29, 0.717) is 5.69 Å². The van der Waals surface area contributed by atoms with Crippen molar-refractivity contribution < 1.29 is 8.42 Å². The van der Waals surface area contributed by atoms with Gasteiger partial charge in [-0.1, -0.05) is 13.3 Å². The molecule has 0 atom stereocenters. The fourth-order valence-corrected chi connectivity index (χ4v) is 1.99. The van der Waals surface area contributed by atoms with Gasteiger partial charge in [0.2, 0.25) is 0 Å². The maximum absolute atomic E-state index is 11.3. The Morgan fingerprint density at radius 1 is 1.38 bits per heavy atom. The molecule has 1 aromatic rings. The summed E-state index contributed by atoms with van der Waals surface area (Å²) in [5.74, 6) is 0. The van der Waals surface area contributed by atoms with Crippen LogP contribution in [0.2, 0.25) is 0 Å². The van der Waals surface area contributed by atoms with Gasteiger partial charge in [0.05, 0.1) is 16.3 Å². The predicted octanol–water partition coefficient (Wildman–Crippen LogP) is 1.88. The zero-order valence-corrected chi connectivity index (χ0v) is 10.5. The first kappa shape index (κ1) is 12.8. The zero-order valence-electron chi connectivity index (χ0n) is 9.66. The third-order valence-corrected chi connectivity index (χ3v) is 3.41. The second-order valence-corrected chi connectivity index (χ2v) is 5.82. The Morgan fingerprint density at radius 2 is 2.06 bits per heavy atom. The molecule has 90 valence electrons. The van der Waals surface area contributed by atoms with E-state index in [1.54, 1.807) is 12.1 Å². The first-order valence-electron chi connectivity index (χ1n) is 5.28. The number of anilines is 2. The Hall–Kier alpha value is -1.23. The molecule has 16 heavy (non-hydrogen) atoms. The lowest BCUT2D eigenvalue weighted by Crippen LogP contribution is -2.05.